The van der Waals surface area contributed by atoms with E-state index < -0.39 is 0 Å². The second-order valence-corrected chi connectivity index (χ2v) is 6.12. The number of anilines is 1. The Morgan fingerprint density at radius 1 is 1.19 bits per heavy atom. The second-order valence-electron chi connectivity index (χ2n) is 4.95. The van der Waals surface area contributed by atoms with Crippen LogP contribution in [-0.4, -0.2) is 19.7 Å². The number of nitrogens with zero attached hydrogens (tertiary/aromatic N) is 4. The number of hydrogen-bond acceptors (Lipinski definition) is 5. The Labute approximate surface area is 127 Å². The number of aromatic nitrogens is 4. The van der Waals surface area contributed by atoms with Crippen LogP contribution in [0, 0.1) is 13.8 Å². The van der Waals surface area contributed by atoms with E-state index in [1.54, 1.807) is 22.2 Å². The molecule has 3 rings (SSSR count). The summed E-state index contributed by atoms with van der Waals surface area (Å²) < 4.78 is 1.65. The average molecular weight is 299 g/mol. The minimum Gasteiger partial charge on any atom is -0.396 e. The Hall–Kier alpha value is -2.21. The Kier molecular flexibility index (Phi) is 3.47. The largest absolute Gasteiger partial charge is 0.396 e. The van der Waals surface area contributed by atoms with Gasteiger partial charge in [0.1, 0.15) is 5.69 Å². The molecule has 2 N–H and O–H groups in total. The van der Waals surface area contributed by atoms with E-state index in [-0.39, 0.29) is 0 Å². The van der Waals surface area contributed by atoms with Crippen LogP contribution in [-0.2, 0) is 6.42 Å². The highest BCUT2D eigenvalue weighted by atomic mass is 32.1. The molecule has 0 amide bonds. The number of hydrogen-bond donors (Lipinski definition) is 1. The van der Waals surface area contributed by atoms with E-state index in [2.05, 4.69) is 34.1 Å². The average Bonchev–Trinajstić information content (AvgIpc) is 3.03. The van der Waals surface area contributed by atoms with Gasteiger partial charge < -0.3 is 5.73 Å². The lowest BCUT2D eigenvalue weighted by atomic mass is 10.3. The molecule has 0 saturated carbocycles. The highest BCUT2D eigenvalue weighted by molar-refractivity contribution is 7.15. The predicted octanol–water partition coefficient (Wildman–Crippen LogP) is 3.15. The molecule has 0 bridgehead atoms. The van der Waals surface area contributed by atoms with Crippen LogP contribution in [0.2, 0.25) is 0 Å². The van der Waals surface area contributed by atoms with Crippen molar-refractivity contribution in [1.29, 1.82) is 0 Å². The summed E-state index contributed by atoms with van der Waals surface area (Å²) in [7, 11) is 0. The summed E-state index contributed by atoms with van der Waals surface area (Å²) in [4.78, 5) is 11.2. The SMILES string of the molecule is CCc1ccc(-c2nn(-c3nc(C)cc(C)n3)cc2N)s1. The highest BCUT2D eigenvalue weighted by Crippen LogP contribution is 2.31. The summed E-state index contributed by atoms with van der Waals surface area (Å²) in [5, 5.41) is 4.56. The summed E-state index contributed by atoms with van der Waals surface area (Å²) in [6.45, 7) is 6.03. The molecule has 21 heavy (non-hydrogen) atoms. The van der Waals surface area contributed by atoms with Crippen molar-refractivity contribution in [2.45, 2.75) is 27.2 Å². The van der Waals surface area contributed by atoms with Gasteiger partial charge in [0.25, 0.3) is 5.95 Å². The fourth-order valence-electron chi connectivity index (χ4n) is 2.19. The van der Waals surface area contributed by atoms with Gasteiger partial charge in [-0.25, -0.2) is 14.6 Å². The van der Waals surface area contributed by atoms with Crippen molar-refractivity contribution >= 4 is 17.0 Å². The Bertz CT molecular complexity index is 767. The molecule has 0 atom stereocenters. The topological polar surface area (TPSA) is 69.6 Å². The summed E-state index contributed by atoms with van der Waals surface area (Å²) in [5.41, 5.74) is 9.37. The quantitative estimate of drug-likeness (QED) is 0.806. The van der Waals surface area contributed by atoms with Gasteiger partial charge in [-0.3, -0.25) is 0 Å². The molecule has 5 nitrogen and oxygen atoms in total. The monoisotopic (exact) mass is 299 g/mol. The van der Waals surface area contributed by atoms with Gasteiger partial charge >= 0.3 is 0 Å². The third kappa shape index (κ3) is 2.67. The van der Waals surface area contributed by atoms with Crippen LogP contribution in [0.25, 0.3) is 16.5 Å². The molecule has 0 radical (unpaired) electrons. The maximum absolute atomic E-state index is 6.11. The molecular weight excluding hydrogens is 282 g/mol. The molecule has 0 aliphatic rings. The zero-order valence-electron chi connectivity index (χ0n) is 12.3. The molecule has 0 fully saturated rings. The predicted molar refractivity (Wildman–Crippen MR) is 85.7 cm³/mol. The van der Waals surface area contributed by atoms with Crippen LogP contribution in [0.3, 0.4) is 0 Å². The van der Waals surface area contributed by atoms with Crippen LogP contribution in [0.15, 0.2) is 24.4 Å². The fourth-order valence-corrected chi connectivity index (χ4v) is 3.14. The molecule has 0 unspecified atom stereocenters. The molecule has 108 valence electrons. The van der Waals surface area contributed by atoms with E-state index in [1.807, 2.05) is 19.9 Å². The van der Waals surface area contributed by atoms with Crippen molar-refractivity contribution in [1.82, 2.24) is 19.7 Å². The molecule has 0 aliphatic carbocycles. The lowest BCUT2D eigenvalue weighted by Gasteiger charge is -2.02. The molecule has 6 heteroatoms. The lowest BCUT2D eigenvalue weighted by molar-refractivity contribution is 0.797. The van der Waals surface area contributed by atoms with Gasteiger partial charge in [0, 0.05) is 16.3 Å². The summed E-state index contributed by atoms with van der Waals surface area (Å²) in [5.74, 6) is 0.553. The molecule has 0 saturated heterocycles. The molecule has 0 aliphatic heterocycles. The lowest BCUT2D eigenvalue weighted by Crippen LogP contribution is -2.04. The number of rotatable bonds is 3. The highest BCUT2D eigenvalue weighted by Gasteiger charge is 2.13. The number of thiophene rings is 1. The summed E-state index contributed by atoms with van der Waals surface area (Å²) in [6.07, 6.45) is 2.79. The number of aryl methyl sites for hydroxylation is 3. The Morgan fingerprint density at radius 2 is 1.90 bits per heavy atom. The van der Waals surface area contributed by atoms with E-state index >= 15 is 0 Å². The Balaban J connectivity index is 2.04. The van der Waals surface area contributed by atoms with E-state index in [1.165, 1.54) is 4.88 Å². The number of nitrogens with two attached hydrogens (primary N) is 1. The molecule has 0 aromatic carbocycles. The molecule has 3 aromatic rings. The summed E-state index contributed by atoms with van der Waals surface area (Å²) in [6, 6.07) is 6.12. The van der Waals surface area contributed by atoms with Crippen LogP contribution < -0.4 is 5.73 Å². The minimum absolute atomic E-state index is 0.553. The van der Waals surface area contributed by atoms with Gasteiger partial charge in [-0.15, -0.1) is 11.3 Å². The van der Waals surface area contributed by atoms with Gasteiger partial charge in [-0.05, 0) is 38.5 Å². The molecular formula is C15H17N5S. The first kappa shape index (κ1) is 13.8. The van der Waals surface area contributed by atoms with Gasteiger partial charge in [0.15, 0.2) is 0 Å². The van der Waals surface area contributed by atoms with Crippen molar-refractivity contribution in [3.63, 3.8) is 0 Å². The van der Waals surface area contributed by atoms with E-state index in [9.17, 15) is 0 Å². The van der Waals surface area contributed by atoms with Crippen LogP contribution >= 0.6 is 11.3 Å². The van der Waals surface area contributed by atoms with Gasteiger partial charge in [0.05, 0.1) is 16.8 Å². The van der Waals surface area contributed by atoms with E-state index in [0.717, 1.165) is 28.4 Å². The normalized spacial score (nSPS) is 11.0. The van der Waals surface area contributed by atoms with Crippen LogP contribution in [0.5, 0.6) is 0 Å². The fraction of sp³-hybridized carbons (Fsp3) is 0.267. The first-order valence-electron chi connectivity index (χ1n) is 6.83. The smallest absolute Gasteiger partial charge is 0.251 e. The minimum atomic E-state index is 0.553. The van der Waals surface area contributed by atoms with Gasteiger partial charge in [0.2, 0.25) is 0 Å². The van der Waals surface area contributed by atoms with Crippen LogP contribution in [0.1, 0.15) is 23.2 Å². The molecule has 3 heterocycles. The third-order valence-corrected chi connectivity index (χ3v) is 4.40. The van der Waals surface area contributed by atoms with E-state index in [4.69, 9.17) is 5.73 Å². The zero-order valence-corrected chi connectivity index (χ0v) is 13.1. The van der Waals surface area contributed by atoms with Crippen LogP contribution in [0.4, 0.5) is 5.69 Å². The van der Waals surface area contributed by atoms with E-state index in [0.29, 0.717) is 11.6 Å². The zero-order chi connectivity index (χ0) is 15.0. The number of nitrogen functional groups attached to an aromatic ring is 1. The van der Waals surface area contributed by atoms with Gasteiger partial charge in [-0.1, -0.05) is 6.92 Å². The Morgan fingerprint density at radius 3 is 2.52 bits per heavy atom. The van der Waals surface area contributed by atoms with Crippen molar-refractivity contribution in [3.8, 4) is 16.5 Å². The molecule has 3 aromatic heterocycles. The third-order valence-electron chi connectivity index (χ3n) is 3.16. The van der Waals surface area contributed by atoms with Crippen molar-refractivity contribution in [3.05, 3.63) is 40.7 Å². The van der Waals surface area contributed by atoms with Crippen molar-refractivity contribution in [2.75, 3.05) is 5.73 Å². The maximum atomic E-state index is 6.11. The summed E-state index contributed by atoms with van der Waals surface area (Å²) >= 11 is 1.72. The standard InChI is InChI=1S/C15H17N5S/c1-4-11-5-6-13(21-11)14-12(16)8-20(19-14)15-17-9(2)7-10(3)18-15/h5-8H,4,16H2,1-3H3. The van der Waals surface area contributed by atoms with Crippen molar-refractivity contribution < 1.29 is 0 Å². The van der Waals surface area contributed by atoms with Gasteiger partial charge in [-0.2, -0.15) is 5.10 Å². The second kappa shape index (κ2) is 5.29. The molecule has 0 spiro atoms. The van der Waals surface area contributed by atoms with Crippen molar-refractivity contribution in [2.24, 2.45) is 0 Å². The first-order valence-corrected chi connectivity index (χ1v) is 7.65. The maximum Gasteiger partial charge on any atom is 0.251 e. The first-order chi connectivity index (χ1) is 10.1.